The van der Waals surface area contributed by atoms with Crippen molar-refractivity contribution in [2.45, 2.75) is 38.8 Å². The number of hydrogen-bond donors (Lipinski definition) is 1. The van der Waals surface area contributed by atoms with E-state index in [4.69, 9.17) is 4.74 Å². The molecule has 1 fully saturated rings. The van der Waals surface area contributed by atoms with E-state index in [2.05, 4.69) is 40.7 Å². The van der Waals surface area contributed by atoms with Gasteiger partial charge in [0.2, 0.25) is 5.91 Å². The Morgan fingerprint density at radius 3 is 3.00 bits per heavy atom. The summed E-state index contributed by atoms with van der Waals surface area (Å²) in [7, 11) is 0. The first kappa shape index (κ1) is 18.1. The maximum absolute atomic E-state index is 12.5. The lowest BCUT2D eigenvalue weighted by Crippen LogP contribution is -2.37. The summed E-state index contributed by atoms with van der Waals surface area (Å²) in [5.74, 6) is 0.0304. The molecule has 1 atom stereocenters. The molecule has 3 rings (SSSR count). The molecular formula is C20H26N2O2S. The topological polar surface area (TPSA) is 41.6 Å². The Morgan fingerprint density at radius 1 is 1.36 bits per heavy atom. The van der Waals surface area contributed by atoms with Crippen LogP contribution in [0.5, 0.6) is 0 Å². The van der Waals surface area contributed by atoms with Crippen molar-refractivity contribution >= 4 is 22.9 Å². The van der Waals surface area contributed by atoms with Gasteiger partial charge in [-0.1, -0.05) is 25.1 Å². The number of hydrogen-bond acceptors (Lipinski definition) is 4. The number of benzene rings is 1. The van der Waals surface area contributed by atoms with Gasteiger partial charge < -0.3 is 10.1 Å². The quantitative estimate of drug-likeness (QED) is 0.777. The van der Waals surface area contributed by atoms with Gasteiger partial charge in [0, 0.05) is 30.3 Å². The van der Waals surface area contributed by atoms with Gasteiger partial charge in [-0.3, -0.25) is 9.69 Å². The Morgan fingerprint density at radius 2 is 2.28 bits per heavy atom. The van der Waals surface area contributed by atoms with Gasteiger partial charge in [-0.2, -0.15) is 0 Å². The lowest BCUT2D eigenvalue weighted by molar-refractivity contribution is -0.117. The lowest BCUT2D eigenvalue weighted by Gasteiger charge is -2.24. The molecule has 2 heterocycles. The molecule has 1 aromatic carbocycles. The summed E-state index contributed by atoms with van der Waals surface area (Å²) in [4.78, 5) is 16.0. The molecule has 1 aliphatic heterocycles. The summed E-state index contributed by atoms with van der Waals surface area (Å²) in [6.07, 6.45) is 3.41. The summed E-state index contributed by atoms with van der Waals surface area (Å²) >= 11 is 1.73. The molecule has 1 unspecified atom stereocenters. The molecule has 1 saturated heterocycles. The summed E-state index contributed by atoms with van der Waals surface area (Å²) in [5, 5.41) is 5.11. The van der Waals surface area contributed by atoms with E-state index in [1.807, 2.05) is 18.2 Å². The molecule has 1 N–H and O–H groups in total. The van der Waals surface area contributed by atoms with Crippen molar-refractivity contribution in [1.29, 1.82) is 0 Å². The highest BCUT2D eigenvalue weighted by Crippen LogP contribution is 2.17. The third kappa shape index (κ3) is 5.66. The lowest BCUT2D eigenvalue weighted by atomic mass is 10.1. The van der Waals surface area contributed by atoms with E-state index in [-0.39, 0.29) is 12.0 Å². The van der Waals surface area contributed by atoms with Crippen molar-refractivity contribution in [1.82, 2.24) is 4.90 Å². The zero-order chi connectivity index (χ0) is 17.5. The van der Waals surface area contributed by atoms with Gasteiger partial charge in [0.05, 0.1) is 12.6 Å². The van der Waals surface area contributed by atoms with Crippen molar-refractivity contribution < 1.29 is 9.53 Å². The van der Waals surface area contributed by atoms with Gasteiger partial charge in [0.1, 0.15) is 0 Å². The molecule has 4 nitrogen and oxygen atoms in total. The predicted molar refractivity (Wildman–Crippen MR) is 103 cm³/mol. The zero-order valence-electron chi connectivity index (χ0n) is 14.7. The Kier molecular flexibility index (Phi) is 6.62. The highest BCUT2D eigenvalue weighted by atomic mass is 32.1. The van der Waals surface area contributed by atoms with Crippen LogP contribution in [0.1, 0.15) is 30.2 Å². The predicted octanol–water partition coefficient (Wildman–Crippen LogP) is 3.93. The van der Waals surface area contributed by atoms with Crippen LogP contribution < -0.4 is 5.32 Å². The number of ether oxygens (including phenoxy) is 1. The summed E-state index contributed by atoms with van der Waals surface area (Å²) in [6.45, 7) is 4.94. The van der Waals surface area contributed by atoms with E-state index < -0.39 is 0 Å². The first-order valence-electron chi connectivity index (χ1n) is 8.98. The van der Waals surface area contributed by atoms with Crippen LogP contribution in [0.3, 0.4) is 0 Å². The van der Waals surface area contributed by atoms with E-state index in [0.717, 1.165) is 44.6 Å². The molecule has 2 aromatic rings. The second-order valence-corrected chi connectivity index (χ2v) is 7.52. The van der Waals surface area contributed by atoms with E-state index in [1.54, 1.807) is 11.3 Å². The third-order valence-electron chi connectivity index (χ3n) is 4.43. The Bertz CT molecular complexity index is 666. The molecule has 0 saturated carbocycles. The highest BCUT2D eigenvalue weighted by Gasteiger charge is 2.21. The fourth-order valence-corrected chi connectivity index (χ4v) is 3.90. The number of thiophene rings is 1. The number of carbonyl (C=O) groups excluding carboxylic acids is 1. The largest absolute Gasteiger partial charge is 0.377 e. The molecule has 25 heavy (non-hydrogen) atoms. The normalized spacial score (nSPS) is 17.1. The fraction of sp³-hybridized carbons (Fsp3) is 0.450. The van der Waals surface area contributed by atoms with Crippen molar-refractivity contribution in [3.63, 3.8) is 0 Å². The Labute approximate surface area is 153 Å². The summed E-state index contributed by atoms with van der Waals surface area (Å²) < 4.78 is 5.76. The van der Waals surface area contributed by atoms with Crippen LogP contribution in [-0.4, -0.2) is 36.6 Å². The molecule has 0 aliphatic carbocycles. The van der Waals surface area contributed by atoms with Crippen LogP contribution in [0.2, 0.25) is 0 Å². The standard InChI is InChI=1S/C20H26N2O2S/c1-2-16-6-3-7-17(12-16)21-20(23)15-22(13-18-8-4-10-24-18)14-19-9-5-11-25-19/h3,5-7,9,11-12,18H,2,4,8,10,13-15H2,1H3,(H,21,23). The minimum atomic E-state index is 0.0304. The smallest absolute Gasteiger partial charge is 0.238 e. The first-order chi connectivity index (χ1) is 12.2. The fourth-order valence-electron chi connectivity index (χ4n) is 3.16. The van der Waals surface area contributed by atoms with E-state index in [9.17, 15) is 4.79 Å². The van der Waals surface area contributed by atoms with Gasteiger partial charge >= 0.3 is 0 Å². The van der Waals surface area contributed by atoms with E-state index in [1.165, 1.54) is 10.4 Å². The van der Waals surface area contributed by atoms with Crippen molar-refractivity contribution in [3.05, 3.63) is 52.2 Å². The molecule has 0 radical (unpaired) electrons. The molecule has 1 amide bonds. The molecule has 5 heteroatoms. The van der Waals surface area contributed by atoms with Crippen molar-refractivity contribution in [2.24, 2.45) is 0 Å². The van der Waals surface area contributed by atoms with Gasteiger partial charge in [-0.25, -0.2) is 0 Å². The number of nitrogens with one attached hydrogen (secondary N) is 1. The SMILES string of the molecule is CCc1cccc(NC(=O)CN(Cc2cccs2)CC2CCCO2)c1. The number of nitrogens with zero attached hydrogens (tertiary/aromatic N) is 1. The van der Waals surface area contributed by atoms with Crippen LogP contribution in [-0.2, 0) is 22.5 Å². The van der Waals surface area contributed by atoms with Crippen LogP contribution >= 0.6 is 11.3 Å². The Balaban J connectivity index is 1.60. The van der Waals surface area contributed by atoms with E-state index in [0.29, 0.717) is 6.54 Å². The number of amides is 1. The van der Waals surface area contributed by atoms with E-state index >= 15 is 0 Å². The highest BCUT2D eigenvalue weighted by molar-refractivity contribution is 7.09. The first-order valence-corrected chi connectivity index (χ1v) is 9.86. The van der Waals surface area contributed by atoms with Crippen molar-refractivity contribution in [3.8, 4) is 0 Å². The number of aryl methyl sites for hydroxylation is 1. The minimum Gasteiger partial charge on any atom is -0.377 e. The Hall–Kier alpha value is -1.69. The number of anilines is 1. The van der Waals surface area contributed by atoms with Gasteiger partial charge in [-0.05, 0) is 48.4 Å². The zero-order valence-corrected chi connectivity index (χ0v) is 15.6. The summed E-state index contributed by atoms with van der Waals surface area (Å²) in [5.41, 5.74) is 2.10. The number of rotatable bonds is 8. The van der Waals surface area contributed by atoms with Gasteiger partial charge in [0.25, 0.3) is 0 Å². The maximum Gasteiger partial charge on any atom is 0.238 e. The molecule has 0 spiro atoms. The van der Waals surface area contributed by atoms with Crippen LogP contribution in [0.4, 0.5) is 5.69 Å². The third-order valence-corrected chi connectivity index (χ3v) is 5.29. The molecule has 0 bridgehead atoms. The number of carbonyl (C=O) groups is 1. The van der Waals surface area contributed by atoms with Crippen LogP contribution in [0.25, 0.3) is 0 Å². The van der Waals surface area contributed by atoms with Crippen LogP contribution in [0, 0.1) is 0 Å². The minimum absolute atomic E-state index is 0.0304. The van der Waals surface area contributed by atoms with Gasteiger partial charge in [0.15, 0.2) is 0 Å². The second-order valence-electron chi connectivity index (χ2n) is 6.49. The van der Waals surface area contributed by atoms with Crippen LogP contribution in [0.15, 0.2) is 41.8 Å². The average molecular weight is 359 g/mol. The molecule has 134 valence electrons. The van der Waals surface area contributed by atoms with Gasteiger partial charge in [-0.15, -0.1) is 11.3 Å². The molecular weight excluding hydrogens is 332 g/mol. The summed E-state index contributed by atoms with van der Waals surface area (Å²) in [6, 6.07) is 12.2. The monoisotopic (exact) mass is 358 g/mol. The molecule has 1 aromatic heterocycles. The second kappa shape index (κ2) is 9.13. The average Bonchev–Trinajstić information content (AvgIpc) is 3.29. The maximum atomic E-state index is 12.5. The van der Waals surface area contributed by atoms with Crippen molar-refractivity contribution in [2.75, 3.05) is 25.0 Å². The molecule has 1 aliphatic rings.